The molecule has 0 saturated heterocycles. The molecule has 4 heteroatoms. The molecule has 0 aromatic carbocycles. The van der Waals surface area contributed by atoms with E-state index in [1.807, 2.05) is 24.7 Å². The van der Waals surface area contributed by atoms with E-state index < -0.39 is 0 Å². The molecule has 12 heavy (non-hydrogen) atoms. The Kier molecular flexibility index (Phi) is 2.47. The summed E-state index contributed by atoms with van der Waals surface area (Å²) in [7, 11) is 1.90. The summed E-state index contributed by atoms with van der Waals surface area (Å²) in [4.78, 5) is 14.8. The number of carbonyl (C=O) groups excluding carboxylic acids is 1. The molecule has 1 unspecified atom stereocenters. The van der Waals surface area contributed by atoms with Gasteiger partial charge in [-0.15, -0.1) is 0 Å². The molecule has 0 saturated carbocycles. The predicted octanol–water partition coefficient (Wildman–Crippen LogP) is 0.617. The quantitative estimate of drug-likeness (QED) is 0.701. The van der Waals surface area contributed by atoms with Crippen LogP contribution in [-0.4, -0.2) is 15.5 Å². The predicted molar refractivity (Wildman–Crippen MR) is 45.4 cm³/mol. The zero-order valence-corrected chi connectivity index (χ0v) is 7.53. The van der Waals surface area contributed by atoms with Crippen molar-refractivity contribution in [1.82, 2.24) is 14.9 Å². The van der Waals surface area contributed by atoms with Crippen LogP contribution in [0.2, 0.25) is 0 Å². The Hall–Kier alpha value is -1.32. The maximum Gasteiger partial charge on any atom is 0.217 e. The standard InChI is InChI=1S/C8H13N3O/c1-6(10-7(2)12)8-4-11(3)5-9-8/h4-6H,1-3H3,(H,10,12). The average Bonchev–Trinajstić information content (AvgIpc) is 2.34. The van der Waals surface area contributed by atoms with E-state index in [9.17, 15) is 4.79 Å². The van der Waals surface area contributed by atoms with Crippen molar-refractivity contribution in [1.29, 1.82) is 0 Å². The number of amides is 1. The third-order valence-electron chi connectivity index (χ3n) is 1.59. The van der Waals surface area contributed by atoms with Gasteiger partial charge in [0.1, 0.15) is 0 Å². The van der Waals surface area contributed by atoms with Crippen LogP contribution < -0.4 is 5.32 Å². The van der Waals surface area contributed by atoms with E-state index in [0.29, 0.717) is 0 Å². The fraction of sp³-hybridized carbons (Fsp3) is 0.500. The molecule has 66 valence electrons. The van der Waals surface area contributed by atoms with Crippen LogP contribution in [0.3, 0.4) is 0 Å². The zero-order chi connectivity index (χ0) is 9.14. The second-order valence-electron chi connectivity index (χ2n) is 2.89. The molecule has 4 nitrogen and oxygen atoms in total. The van der Waals surface area contributed by atoms with Gasteiger partial charge in [0.05, 0.1) is 18.1 Å². The molecule has 0 aliphatic rings. The third-order valence-corrected chi connectivity index (χ3v) is 1.59. The number of aromatic nitrogens is 2. The molecule has 0 aliphatic heterocycles. The number of rotatable bonds is 2. The lowest BCUT2D eigenvalue weighted by Crippen LogP contribution is -2.23. The summed E-state index contributed by atoms with van der Waals surface area (Å²) in [6.07, 6.45) is 3.61. The van der Waals surface area contributed by atoms with Crippen LogP contribution in [0.4, 0.5) is 0 Å². The molecule has 1 aromatic heterocycles. The molecule has 0 fully saturated rings. The summed E-state index contributed by atoms with van der Waals surface area (Å²) in [5.74, 6) is -0.0341. The molecule has 0 spiro atoms. The van der Waals surface area contributed by atoms with Crippen LogP contribution in [0, 0.1) is 0 Å². The maximum absolute atomic E-state index is 10.7. The van der Waals surface area contributed by atoms with Crippen molar-refractivity contribution in [3.63, 3.8) is 0 Å². The number of nitrogens with zero attached hydrogens (tertiary/aromatic N) is 2. The Morgan fingerprint density at radius 2 is 2.42 bits per heavy atom. The second kappa shape index (κ2) is 3.38. The molecule has 1 rings (SSSR count). The highest BCUT2D eigenvalue weighted by molar-refractivity contribution is 5.73. The number of nitrogens with one attached hydrogen (secondary N) is 1. The first-order chi connectivity index (χ1) is 5.59. The van der Waals surface area contributed by atoms with E-state index in [1.165, 1.54) is 6.92 Å². The van der Waals surface area contributed by atoms with E-state index in [-0.39, 0.29) is 11.9 Å². The molecule has 1 aromatic rings. The Morgan fingerprint density at radius 3 is 2.83 bits per heavy atom. The topological polar surface area (TPSA) is 46.9 Å². The Balaban J connectivity index is 2.64. The van der Waals surface area contributed by atoms with Crippen molar-refractivity contribution < 1.29 is 4.79 Å². The highest BCUT2D eigenvalue weighted by atomic mass is 16.1. The van der Waals surface area contributed by atoms with Crippen LogP contribution in [-0.2, 0) is 11.8 Å². The van der Waals surface area contributed by atoms with E-state index in [2.05, 4.69) is 10.3 Å². The molecule has 1 heterocycles. The van der Waals surface area contributed by atoms with Gasteiger partial charge in [0.25, 0.3) is 0 Å². The lowest BCUT2D eigenvalue weighted by molar-refractivity contribution is -0.119. The monoisotopic (exact) mass is 167 g/mol. The minimum Gasteiger partial charge on any atom is -0.348 e. The first kappa shape index (κ1) is 8.77. The summed E-state index contributed by atoms with van der Waals surface area (Å²) in [6, 6.07) is -0.0105. The normalized spacial score (nSPS) is 12.6. The molecule has 1 amide bonds. The second-order valence-corrected chi connectivity index (χ2v) is 2.89. The fourth-order valence-electron chi connectivity index (χ4n) is 1.04. The molecule has 1 atom stereocenters. The van der Waals surface area contributed by atoms with Gasteiger partial charge in [-0.2, -0.15) is 0 Å². The van der Waals surface area contributed by atoms with Gasteiger partial charge in [-0.1, -0.05) is 0 Å². The zero-order valence-electron chi connectivity index (χ0n) is 7.53. The minimum absolute atomic E-state index is 0.0105. The van der Waals surface area contributed by atoms with E-state index in [0.717, 1.165) is 5.69 Å². The first-order valence-corrected chi connectivity index (χ1v) is 3.84. The Bertz CT molecular complexity index is 280. The maximum atomic E-state index is 10.7. The first-order valence-electron chi connectivity index (χ1n) is 3.84. The van der Waals surface area contributed by atoms with Gasteiger partial charge in [-0.25, -0.2) is 4.98 Å². The summed E-state index contributed by atoms with van der Waals surface area (Å²) in [6.45, 7) is 3.41. The Morgan fingerprint density at radius 1 is 1.75 bits per heavy atom. The van der Waals surface area contributed by atoms with Gasteiger partial charge in [-0.3, -0.25) is 4.79 Å². The Labute approximate surface area is 71.6 Å². The van der Waals surface area contributed by atoms with E-state index in [1.54, 1.807) is 6.33 Å². The van der Waals surface area contributed by atoms with E-state index >= 15 is 0 Å². The van der Waals surface area contributed by atoms with Gasteiger partial charge in [0, 0.05) is 20.2 Å². The van der Waals surface area contributed by atoms with Crippen LogP contribution in [0.25, 0.3) is 0 Å². The largest absolute Gasteiger partial charge is 0.348 e. The summed E-state index contributed by atoms with van der Waals surface area (Å²) < 4.78 is 1.85. The van der Waals surface area contributed by atoms with Crippen LogP contribution in [0.15, 0.2) is 12.5 Å². The van der Waals surface area contributed by atoms with Crippen molar-refractivity contribution in [3.8, 4) is 0 Å². The number of carbonyl (C=O) groups is 1. The van der Waals surface area contributed by atoms with Crippen molar-refractivity contribution in [3.05, 3.63) is 18.2 Å². The van der Waals surface area contributed by atoms with Gasteiger partial charge >= 0.3 is 0 Å². The van der Waals surface area contributed by atoms with Gasteiger partial charge in [0.2, 0.25) is 5.91 Å². The fourth-order valence-corrected chi connectivity index (χ4v) is 1.04. The van der Waals surface area contributed by atoms with Crippen LogP contribution >= 0.6 is 0 Å². The molecule has 0 bridgehead atoms. The van der Waals surface area contributed by atoms with Crippen molar-refractivity contribution >= 4 is 5.91 Å². The third kappa shape index (κ3) is 2.08. The van der Waals surface area contributed by atoms with Crippen molar-refractivity contribution in [2.45, 2.75) is 19.9 Å². The highest BCUT2D eigenvalue weighted by Crippen LogP contribution is 2.07. The van der Waals surface area contributed by atoms with E-state index in [4.69, 9.17) is 0 Å². The number of hydrogen-bond acceptors (Lipinski definition) is 2. The smallest absolute Gasteiger partial charge is 0.217 e. The summed E-state index contributed by atoms with van der Waals surface area (Å²) in [5, 5.41) is 2.76. The van der Waals surface area contributed by atoms with Crippen molar-refractivity contribution in [2.75, 3.05) is 0 Å². The van der Waals surface area contributed by atoms with Crippen LogP contribution in [0.1, 0.15) is 25.6 Å². The average molecular weight is 167 g/mol. The summed E-state index contributed by atoms with van der Waals surface area (Å²) in [5.41, 5.74) is 0.882. The van der Waals surface area contributed by atoms with Crippen molar-refractivity contribution in [2.24, 2.45) is 7.05 Å². The lowest BCUT2D eigenvalue weighted by atomic mass is 10.2. The minimum atomic E-state index is -0.0341. The number of hydrogen-bond donors (Lipinski definition) is 1. The SMILES string of the molecule is CC(=O)NC(C)c1cn(C)cn1. The number of imidazole rings is 1. The van der Waals surface area contributed by atoms with Gasteiger partial charge in [0.15, 0.2) is 0 Å². The summed E-state index contributed by atoms with van der Waals surface area (Å²) >= 11 is 0. The van der Waals surface area contributed by atoms with Gasteiger partial charge < -0.3 is 9.88 Å². The molecule has 1 N–H and O–H groups in total. The van der Waals surface area contributed by atoms with Gasteiger partial charge in [-0.05, 0) is 6.92 Å². The molecule has 0 aliphatic carbocycles. The molecular weight excluding hydrogens is 154 g/mol. The lowest BCUT2D eigenvalue weighted by Gasteiger charge is -2.08. The molecular formula is C8H13N3O. The van der Waals surface area contributed by atoms with Crippen LogP contribution in [0.5, 0.6) is 0 Å². The highest BCUT2D eigenvalue weighted by Gasteiger charge is 2.07. The molecule has 0 radical (unpaired) electrons. The number of aryl methyl sites for hydroxylation is 1.